The lowest BCUT2D eigenvalue weighted by Gasteiger charge is -2.18. The Labute approximate surface area is 416 Å². The molecule has 0 radical (unpaired) electrons. The standard InChI is InChI=1S/C61H110O6/c1-4-7-10-13-16-19-22-25-28-29-30-31-34-36-39-42-45-48-51-54-60(63)66-57-58(67-61(64)55-52-49-46-43-40-37-33-27-24-21-18-15-12-9-6-3)56-65-59(62)53-50-47-44-41-38-35-32-26-23-20-17-14-11-8-5-2/h16,19,25,28,30-31,36,39,58H,4-15,17-18,20-24,26-27,29,32-35,37-38,40-57H2,1-3H3/b19-16+,28-25+,31-30+,39-36+/t58-/m1/s1. The summed E-state index contributed by atoms with van der Waals surface area (Å²) in [6, 6.07) is 0. The molecule has 0 unspecified atom stereocenters. The van der Waals surface area contributed by atoms with Crippen molar-refractivity contribution in [2.75, 3.05) is 13.2 Å². The van der Waals surface area contributed by atoms with Crippen molar-refractivity contribution in [2.24, 2.45) is 0 Å². The molecule has 6 heteroatoms. The van der Waals surface area contributed by atoms with E-state index in [0.29, 0.717) is 19.3 Å². The maximum atomic E-state index is 12.8. The smallest absolute Gasteiger partial charge is 0.306 e. The molecule has 6 nitrogen and oxygen atoms in total. The molecule has 0 aliphatic rings. The number of esters is 3. The van der Waals surface area contributed by atoms with Gasteiger partial charge in [0.05, 0.1) is 0 Å². The first-order valence-corrected chi connectivity index (χ1v) is 29.1. The number of rotatable bonds is 53. The molecule has 0 aliphatic heterocycles. The van der Waals surface area contributed by atoms with E-state index in [-0.39, 0.29) is 31.1 Å². The quantitative estimate of drug-likeness (QED) is 0.0262. The third-order valence-electron chi connectivity index (χ3n) is 12.8. The summed E-state index contributed by atoms with van der Waals surface area (Å²) in [5.41, 5.74) is 0. The number of hydrogen-bond donors (Lipinski definition) is 0. The molecule has 0 N–H and O–H groups in total. The average molecular weight is 940 g/mol. The lowest BCUT2D eigenvalue weighted by Crippen LogP contribution is -2.30. The largest absolute Gasteiger partial charge is 0.462 e. The highest BCUT2D eigenvalue weighted by atomic mass is 16.6. The van der Waals surface area contributed by atoms with Gasteiger partial charge in [-0.05, 0) is 64.2 Å². The fourth-order valence-electron chi connectivity index (χ4n) is 8.43. The van der Waals surface area contributed by atoms with Crippen LogP contribution in [-0.4, -0.2) is 37.2 Å². The van der Waals surface area contributed by atoms with Gasteiger partial charge in [0.2, 0.25) is 0 Å². The van der Waals surface area contributed by atoms with Crippen LogP contribution in [0.5, 0.6) is 0 Å². The highest BCUT2D eigenvalue weighted by Crippen LogP contribution is 2.16. The van der Waals surface area contributed by atoms with Crippen molar-refractivity contribution >= 4 is 17.9 Å². The van der Waals surface area contributed by atoms with Crippen LogP contribution in [0.1, 0.15) is 303 Å². The first kappa shape index (κ1) is 64.4. The molecular weight excluding hydrogens is 829 g/mol. The average Bonchev–Trinajstić information content (AvgIpc) is 3.33. The molecule has 0 aromatic carbocycles. The van der Waals surface area contributed by atoms with E-state index < -0.39 is 6.10 Å². The highest BCUT2D eigenvalue weighted by molar-refractivity contribution is 5.71. The fourth-order valence-corrected chi connectivity index (χ4v) is 8.43. The molecule has 0 aliphatic carbocycles. The minimum Gasteiger partial charge on any atom is -0.462 e. The van der Waals surface area contributed by atoms with Crippen molar-refractivity contribution in [3.63, 3.8) is 0 Å². The van der Waals surface area contributed by atoms with Gasteiger partial charge in [0.25, 0.3) is 0 Å². The van der Waals surface area contributed by atoms with E-state index in [4.69, 9.17) is 14.2 Å². The van der Waals surface area contributed by atoms with Crippen LogP contribution < -0.4 is 0 Å². The zero-order chi connectivity index (χ0) is 48.6. The van der Waals surface area contributed by atoms with Gasteiger partial charge in [0.1, 0.15) is 13.2 Å². The van der Waals surface area contributed by atoms with E-state index in [1.54, 1.807) is 0 Å². The van der Waals surface area contributed by atoms with Crippen LogP contribution in [-0.2, 0) is 28.6 Å². The van der Waals surface area contributed by atoms with Crippen LogP contribution in [0.25, 0.3) is 0 Å². The first-order valence-electron chi connectivity index (χ1n) is 29.1. The second-order valence-electron chi connectivity index (χ2n) is 19.6. The zero-order valence-corrected chi connectivity index (χ0v) is 44.7. The van der Waals surface area contributed by atoms with Gasteiger partial charge in [0, 0.05) is 19.3 Å². The van der Waals surface area contributed by atoms with Crippen molar-refractivity contribution in [3.8, 4) is 0 Å². The van der Waals surface area contributed by atoms with Crippen molar-refractivity contribution in [2.45, 2.75) is 309 Å². The zero-order valence-electron chi connectivity index (χ0n) is 44.7. The van der Waals surface area contributed by atoms with Gasteiger partial charge >= 0.3 is 17.9 Å². The number of carbonyl (C=O) groups is 3. The molecule has 0 aromatic heterocycles. The van der Waals surface area contributed by atoms with E-state index in [9.17, 15) is 14.4 Å². The van der Waals surface area contributed by atoms with E-state index in [2.05, 4.69) is 69.4 Å². The van der Waals surface area contributed by atoms with Gasteiger partial charge in [-0.15, -0.1) is 0 Å². The first-order chi connectivity index (χ1) is 33.0. The van der Waals surface area contributed by atoms with Gasteiger partial charge in [-0.1, -0.05) is 268 Å². The normalized spacial score (nSPS) is 12.3. The van der Waals surface area contributed by atoms with Crippen LogP contribution >= 0.6 is 0 Å². The van der Waals surface area contributed by atoms with Crippen molar-refractivity contribution in [1.29, 1.82) is 0 Å². The van der Waals surface area contributed by atoms with Gasteiger partial charge in [-0.25, -0.2) is 0 Å². The Hall–Kier alpha value is -2.63. The summed E-state index contributed by atoms with van der Waals surface area (Å²) in [4.78, 5) is 38.1. The molecule has 0 saturated heterocycles. The number of allylic oxidation sites excluding steroid dienone is 8. The molecule has 0 bridgehead atoms. The monoisotopic (exact) mass is 939 g/mol. The molecule has 0 spiro atoms. The topological polar surface area (TPSA) is 78.9 Å². The fraction of sp³-hybridized carbons (Fsp3) is 0.820. The molecule has 0 amide bonds. The molecular formula is C61H110O6. The van der Waals surface area contributed by atoms with Crippen molar-refractivity contribution in [3.05, 3.63) is 48.6 Å². The third-order valence-corrected chi connectivity index (χ3v) is 12.8. The summed E-state index contributed by atoms with van der Waals surface area (Å²) >= 11 is 0. The lowest BCUT2D eigenvalue weighted by molar-refractivity contribution is -0.167. The summed E-state index contributed by atoms with van der Waals surface area (Å²) in [5, 5.41) is 0. The van der Waals surface area contributed by atoms with Crippen LogP contribution in [0.4, 0.5) is 0 Å². The Kier molecular flexibility index (Phi) is 53.8. The predicted octanol–water partition coefficient (Wildman–Crippen LogP) is 19.4. The summed E-state index contributed by atoms with van der Waals surface area (Å²) in [7, 11) is 0. The van der Waals surface area contributed by atoms with Crippen LogP contribution in [0.2, 0.25) is 0 Å². The van der Waals surface area contributed by atoms with Gasteiger partial charge < -0.3 is 14.2 Å². The molecule has 0 fully saturated rings. The predicted molar refractivity (Wildman–Crippen MR) is 289 cm³/mol. The number of unbranched alkanes of at least 4 members (excludes halogenated alkanes) is 34. The number of ether oxygens (including phenoxy) is 3. The summed E-state index contributed by atoms with van der Waals surface area (Å²) in [5.74, 6) is -0.894. The molecule has 0 saturated carbocycles. The SMILES string of the molecule is CCCCC/C=C/C/C=C/C/C=C/C/C=C/CCCCCC(=O)OC[C@@H](COC(=O)CCCCCCCCCCCCCCCCC)OC(=O)CCCCCCCCCCCCCCCCC. The highest BCUT2D eigenvalue weighted by Gasteiger charge is 2.19. The summed E-state index contributed by atoms with van der Waals surface area (Å²) in [6.07, 6.45) is 68.1. The second kappa shape index (κ2) is 56.0. The summed E-state index contributed by atoms with van der Waals surface area (Å²) in [6.45, 7) is 6.62. The Balaban J connectivity index is 4.40. The summed E-state index contributed by atoms with van der Waals surface area (Å²) < 4.78 is 16.9. The van der Waals surface area contributed by atoms with E-state index >= 15 is 0 Å². The maximum Gasteiger partial charge on any atom is 0.306 e. The van der Waals surface area contributed by atoms with E-state index in [1.165, 1.54) is 180 Å². The van der Waals surface area contributed by atoms with Crippen LogP contribution in [0.3, 0.4) is 0 Å². The van der Waals surface area contributed by atoms with Gasteiger partial charge in [0.15, 0.2) is 6.10 Å². The van der Waals surface area contributed by atoms with Gasteiger partial charge in [-0.2, -0.15) is 0 Å². The maximum absolute atomic E-state index is 12.8. The van der Waals surface area contributed by atoms with Gasteiger partial charge in [-0.3, -0.25) is 14.4 Å². The Morgan fingerprint density at radius 1 is 0.299 bits per heavy atom. The van der Waals surface area contributed by atoms with E-state index in [1.807, 2.05) is 0 Å². The molecule has 390 valence electrons. The van der Waals surface area contributed by atoms with Crippen molar-refractivity contribution < 1.29 is 28.6 Å². The Morgan fingerprint density at radius 3 is 0.866 bits per heavy atom. The Bertz CT molecular complexity index is 1170. The lowest BCUT2D eigenvalue weighted by atomic mass is 10.0. The minimum absolute atomic E-state index is 0.0788. The molecule has 1 atom stereocenters. The number of carbonyl (C=O) groups excluding carboxylic acids is 3. The minimum atomic E-state index is -0.782. The van der Waals surface area contributed by atoms with Crippen LogP contribution in [0, 0.1) is 0 Å². The number of hydrogen-bond acceptors (Lipinski definition) is 6. The van der Waals surface area contributed by atoms with E-state index in [0.717, 1.165) is 83.5 Å². The van der Waals surface area contributed by atoms with Crippen LogP contribution in [0.15, 0.2) is 48.6 Å². The third kappa shape index (κ3) is 54.2. The Morgan fingerprint density at radius 2 is 0.537 bits per heavy atom. The molecule has 0 rings (SSSR count). The molecule has 0 heterocycles. The van der Waals surface area contributed by atoms with Crippen molar-refractivity contribution in [1.82, 2.24) is 0 Å². The molecule has 0 aromatic rings. The second-order valence-corrected chi connectivity index (χ2v) is 19.6. The molecule has 67 heavy (non-hydrogen) atoms.